The summed E-state index contributed by atoms with van der Waals surface area (Å²) in [6.07, 6.45) is 0.982. The molecule has 0 aliphatic rings. The Labute approximate surface area is 232 Å². The van der Waals surface area contributed by atoms with Crippen LogP contribution in [0.5, 0.6) is 5.75 Å². The van der Waals surface area contributed by atoms with Crippen LogP contribution in [0.1, 0.15) is 26.3 Å². The Morgan fingerprint density at radius 3 is 2.02 bits per heavy atom. The summed E-state index contributed by atoms with van der Waals surface area (Å²) >= 11 is 0. The molecule has 0 amide bonds. The lowest BCUT2D eigenvalue weighted by molar-refractivity contribution is 0.0696. The number of carboxylic acids is 2. The summed E-state index contributed by atoms with van der Waals surface area (Å²) in [5.41, 5.74) is -1.27. The molecule has 4 aromatic carbocycles. The lowest BCUT2D eigenvalue weighted by Gasteiger charge is -2.14. The molecule has 0 radical (unpaired) electrons. The fourth-order valence-electron chi connectivity index (χ4n) is 3.78. The predicted octanol–water partition coefficient (Wildman–Crippen LogP) is 4.43. The van der Waals surface area contributed by atoms with Crippen molar-refractivity contribution in [2.45, 2.75) is 9.79 Å². The van der Waals surface area contributed by atoms with E-state index in [1.807, 2.05) is 6.07 Å². The van der Waals surface area contributed by atoms with Crippen LogP contribution in [-0.2, 0) is 19.9 Å². The fourth-order valence-corrected chi connectivity index (χ4v) is 5.57. The molecule has 0 fully saturated rings. The molecule has 4 aromatic rings. The number of aromatic hydroxyl groups is 1. The highest BCUT2D eigenvalue weighted by atomic mass is 32.2. The van der Waals surface area contributed by atoms with Gasteiger partial charge in [-0.05, 0) is 54.6 Å². The van der Waals surface area contributed by atoms with E-state index in [4.69, 9.17) is 0 Å². The first kappa shape index (κ1) is 28.7. The Morgan fingerprint density at radius 2 is 1.44 bits per heavy atom. The van der Waals surface area contributed by atoms with E-state index >= 15 is 0 Å². The zero-order valence-electron chi connectivity index (χ0n) is 20.8. The number of benzene rings is 4. The summed E-state index contributed by atoms with van der Waals surface area (Å²) in [5.74, 6) is -3.32. The fraction of sp³-hybridized carbons (Fsp3) is 0.0385. The number of fused-ring (bicyclic) bond motifs is 1. The van der Waals surface area contributed by atoms with Crippen LogP contribution in [0.4, 0.5) is 17.1 Å². The number of sulfone groups is 1. The zero-order valence-corrected chi connectivity index (χ0v) is 22.4. The molecular formula is C26H18N4O9S2. The molecule has 41 heavy (non-hydrogen) atoms. The van der Waals surface area contributed by atoms with Crippen LogP contribution in [0.25, 0.3) is 10.8 Å². The highest BCUT2D eigenvalue weighted by Crippen LogP contribution is 2.39. The summed E-state index contributed by atoms with van der Waals surface area (Å²) in [5, 5.41) is 46.9. The van der Waals surface area contributed by atoms with Crippen molar-refractivity contribution in [3.8, 4) is 11.8 Å². The van der Waals surface area contributed by atoms with Crippen LogP contribution in [0.2, 0.25) is 0 Å². The Hall–Kier alpha value is -5.33. The second-order valence-electron chi connectivity index (χ2n) is 8.56. The van der Waals surface area contributed by atoms with E-state index in [-0.39, 0.29) is 44.0 Å². The van der Waals surface area contributed by atoms with Gasteiger partial charge in [0.2, 0.25) is 0 Å². The molecule has 0 bridgehead atoms. The smallest absolute Gasteiger partial charge is 0.335 e. The molecule has 0 saturated heterocycles. The van der Waals surface area contributed by atoms with Gasteiger partial charge in [0.25, 0.3) is 10.0 Å². The van der Waals surface area contributed by atoms with Gasteiger partial charge in [0, 0.05) is 17.0 Å². The Balaban J connectivity index is 1.84. The molecule has 15 heteroatoms. The van der Waals surface area contributed by atoms with Gasteiger partial charge in [0.05, 0.1) is 37.9 Å². The molecule has 0 atom stereocenters. The van der Waals surface area contributed by atoms with Crippen molar-refractivity contribution in [1.29, 1.82) is 5.26 Å². The molecule has 0 aliphatic heterocycles. The third kappa shape index (κ3) is 5.98. The van der Waals surface area contributed by atoms with Gasteiger partial charge >= 0.3 is 11.9 Å². The first-order chi connectivity index (χ1) is 19.2. The van der Waals surface area contributed by atoms with Gasteiger partial charge in [-0.25, -0.2) is 26.4 Å². The number of anilines is 1. The average molecular weight is 595 g/mol. The SMILES string of the molecule is CS(=O)(=O)c1ccc(/N=N/c2ccc(O)c3cccc(NS(=O)(=O)c4cc(C(=O)O)cc(C(=O)O)c4)c23)c(C#N)c1. The number of rotatable bonds is 8. The number of nitrogens with one attached hydrogen (secondary N) is 1. The predicted molar refractivity (Wildman–Crippen MR) is 145 cm³/mol. The van der Waals surface area contributed by atoms with E-state index in [1.165, 1.54) is 42.5 Å². The number of carbonyl (C=O) groups is 2. The van der Waals surface area contributed by atoms with Crippen LogP contribution in [-0.4, -0.2) is 50.3 Å². The minimum absolute atomic E-state index is 0.0193. The number of hydrogen-bond acceptors (Lipinski definition) is 10. The molecule has 208 valence electrons. The van der Waals surface area contributed by atoms with Gasteiger partial charge in [-0.1, -0.05) is 12.1 Å². The Kier molecular flexibility index (Phi) is 7.47. The number of carboxylic acid groups (broad SMARTS) is 2. The Bertz CT molecular complexity index is 2020. The van der Waals surface area contributed by atoms with Gasteiger partial charge < -0.3 is 15.3 Å². The second-order valence-corrected chi connectivity index (χ2v) is 12.3. The van der Waals surface area contributed by atoms with E-state index in [2.05, 4.69) is 15.0 Å². The number of azo groups is 1. The zero-order chi connectivity index (χ0) is 30.1. The third-order valence-electron chi connectivity index (χ3n) is 5.73. The van der Waals surface area contributed by atoms with E-state index < -0.39 is 47.8 Å². The minimum Gasteiger partial charge on any atom is -0.507 e. The molecule has 4 rings (SSSR count). The molecular weight excluding hydrogens is 576 g/mol. The maximum Gasteiger partial charge on any atom is 0.335 e. The monoisotopic (exact) mass is 594 g/mol. The molecule has 0 aliphatic carbocycles. The summed E-state index contributed by atoms with van der Waals surface area (Å²) < 4.78 is 52.5. The maximum atomic E-state index is 13.3. The lowest BCUT2D eigenvalue weighted by atomic mass is 10.1. The number of aromatic carboxylic acids is 2. The number of sulfonamides is 1. The van der Waals surface area contributed by atoms with Crippen LogP contribution < -0.4 is 4.72 Å². The molecule has 0 spiro atoms. The van der Waals surface area contributed by atoms with Gasteiger partial charge in [-0.3, -0.25) is 4.72 Å². The Morgan fingerprint density at radius 1 is 0.829 bits per heavy atom. The molecule has 0 unspecified atom stereocenters. The lowest BCUT2D eigenvalue weighted by Crippen LogP contribution is -2.15. The second kappa shape index (κ2) is 10.7. The largest absolute Gasteiger partial charge is 0.507 e. The first-order valence-electron chi connectivity index (χ1n) is 11.3. The topological polar surface area (TPSA) is 224 Å². The van der Waals surface area contributed by atoms with Crippen LogP contribution in [0, 0.1) is 11.3 Å². The molecule has 0 saturated carbocycles. The molecule has 0 heterocycles. The number of nitrogens with zero attached hydrogens (tertiary/aromatic N) is 3. The summed E-state index contributed by atoms with van der Waals surface area (Å²) in [7, 11) is -8.17. The van der Waals surface area contributed by atoms with Crippen molar-refractivity contribution in [3.63, 3.8) is 0 Å². The number of nitriles is 1. The van der Waals surface area contributed by atoms with Crippen molar-refractivity contribution in [1.82, 2.24) is 0 Å². The minimum atomic E-state index is -4.57. The summed E-state index contributed by atoms with van der Waals surface area (Å²) in [6.45, 7) is 0. The highest BCUT2D eigenvalue weighted by Gasteiger charge is 2.22. The number of phenols is 1. The van der Waals surface area contributed by atoms with E-state index in [0.29, 0.717) is 0 Å². The van der Waals surface area contributed by atoms with E-state index in [1.54, 1.807) is 0 Å². The highest BCUT2D eigenvalue weighted by molar-refractivity contribution is 7.92. The van der Waals surface area contributed by atoms with Crippen LogP contribution >= 0.6 is 0 Å². The van der Waals surface area contributed by atoms with Crippen LogP contribution in [0.15, 0.2) is 86.7 Å². The third-order valence-corrected chi connectivity index (χ3v) is 8.19. The molecule has 4 N–H and O–H groups in total. The van der Waals surface area contributed by atoms with Gasteiger partial charge in [0.1, 0.15) is 17.5 Å². The summed E-state index contributed by atoms with van der Waals surface area (Å²) in [6, 6.07) is 14.7. The van der Waals surface area contributed by atoms with Crippen molar-refractivity contribution in [2.75, 3.05) is 11.0 Å². The van der Waals surface area contributed by atoms with Crippen molar-refractivity contribution < 1.29 is 41.7 Å². The summed E-state index contributed by atoms with van der Waals surface area (Å²) in [4.78, 5) is 22.2. The standard InChI is InChI=1S/C26H18N4O9S2/c1-40(36,37)17-5-6-20(16(12-17)13-27)28-29-21-7-8-23(31)19-3-2-4-22(24(19)21)30-41(38,39)18-10-14(25(32)33)9-15(11-18)26(34)35/h2-12,30-31H,1H3,(H,32,33)(H,34,35)/b29-28+. The normalized spacial score (nSPS) is 11.8. The average Bonchev–Trinajstić information content (AvgIpc) is 2.91. The van der Waals surface area contributed by atoms with Crippen LogP contribution in [0.3, 0.4) is 0 Å². The van der Waals surface area contributed by atoms with Gasteiger partial charge in [-0.2, -0.15) is 5.26 Å². The quantitative estimate of drug-likeness (QED) is 0.210. The molecule has 0 aromatic heterocycles. The van der Waals surface area contributed by atoms with Crippen molar-refractivity contribution in [2.24, 2.45) is 10.2 Å². The first-order valence-corrected chi connectivity index (χ1v) is 14.6. The maximum absolute atomic E-state index is 13.3. The van der Waals surface area contributed by atoms with Crippen molar-refractivity contribution >= 4 is 59.6 Å². The number of phenolic OH excluding ortho intramolecular Hbond substituents is 1. The van der Waals surface area contributed by atoms with Gasteiger partial charge in [0.15, 0.2) is 9.84 Å². The molecule has 13 nitrogen and oxygen atoms in total. The number of hydrogen-bond donors (Lipinski definition) is 4. The van der Waals surface area contributed by atoms with Crippen molar-refractivity contribution in [3.05, 3.63) is 83.4 Å². The van der Waals surface area contributed by atoms with Gasteiger partial charge in [-0.15, -0.1) is 10.2 Å². The van der Waals surface area contributed by atoms with E-state index in [9.17, 15) is 47.0 Å². The van der Waals surface area contributed by atoms with E-state index in [0.717, 1.165) is 30.5 Å².